The minimum Gasteiger partial charge on any atom is -0.454 e. The topological polar surface area (TPSA) is 82.0 Å². The zero-order valence-corrected chi connectivity index (χ0v) is 17.3. The van der Waals surface area contributed by atoms with Crippen LogP contribution >= 0.6 is 0 Å². The number of rotatable bonds is 8. The monoisotopic (exact) mass is 396 g/mol. The molecule has 0 spiro atoms. The summed E-state index contributed by atoms with van der Waals surface area (Å²) in [6, 6.07) is 6.00. The number of ether oxygens (including phenoxy) is 2. The molecule has 0 radical (unpaired) electrons. The first-order valence-corrected chi connectivity index (χ1v) is 10.4. The third-order valence-corrected chi connectivity index (χ3v) is 5.49. The maximum absolute atomic E-state index is 12.7. The molecule has 0 bridgehead atoms. The van der Waals surface area contributed by atoms with Crippen molar-refractivity contribution in [2.24, 2.45) is 0 Å². The molecule has 0 aliphatic carbocycles. The summed E-state index contributed by atoms with van der Waals surface area (Å²) in [5.74, 6) is 2.10. The Morgan fingerprint density at radius 2 is 2.03 bits per heavy atom. The number of hydrogen-bond acceptors (Lipinski definition) is 5. The Bertz CT molecular complexity index is 1070. The van der Waals surface area contributed by atoms with Crippen molar-refractivity contribution in [1.29, 1.82) is 0 Å². The van der Waals surface area contributed by atoms with Crippen molar-refractivity contribution in [3.63, 3.8) is 0 Å². The van der Waals surface area contributed by atoms with E-state index >= 15 is 0 Å². The Labute approximate surface area is 170 Å². The molecule has 3 heterocycles. The predicted octanol–water partition coefficient (Wildman–Crippen LogP) is 4.28. The van der Waals surface area contributed by atoms with Gasteiger partial charge in [0.15, 0.2) is 17.1 Å². The Kier molecular flexibility index (Phi) is 5.56. The van der Waals surface area contributed by atoms with Crippen LogP contribution in [0.4, 0.5) is 0 Å². The van der Waals surface area contributed by atoms with E-state index in [1.165, 1.54) is 19.3 Å². The molecule has 1 aliphatic heterocycles. The van der Waals surface area contributed by atoms with Crippen molar-refractivity contribution in [2.45, 2.75) is 65.3 Å². The van der Waals surface area contributed by atoms with E-state index in [2.05, 4.69) is 23.9 Å². The van der Waals surface area contributed by atoms with Gasteiger partial charge in [0, 0.05) is 6.42 Å². The zero-order chi connectivity index (χ0) is 20.4. The molecule has 154 valence electrons. The maximum atomic E-state index is 12.7. The van der Waals surface area contributed by atoms with Gasteiger partial charge in [0.25, 0.3) is 5.56 Å². The van der Waals surface area contributed by atoms with Crippen LogP contribution in [0.1, 0.15) is 69.1 Å². The van der Waals surface area contributed by atoms with Gasteiger partial charge in [-0.15, -0.1) is 0 Å². The van der Waals surface area contributed by atoms with Gasteiger partial charge in [0.1, 0.15) is 11.2 Å². The van der Waals surface area contributed by atoms with Crippen LogP contribution in [0.25, 0.3) is 11.0 Å². The molecule has 0 saturated carbocycles. The van der Waals surface area contributed by atoms with Gasteiger partial charge in [-0.05, 0) is 38.0 Å². The summed E-state index contributed by atoms with van der Waals surface area (Å²) in [6.45, 7) is 6.48. The number of aryl methyl sites for hydroxylation is 1. The molecule has 1 aromatic carbocycles. The van der Waals surface area contributed by atoms with E-state index in [0.717, 1.165) is 35.6 Å². The van der Waals surface area contributed by atoms with Crippen LogP contribution in [0, 0.1) is 6.92 Å². The Balaban J connectivity index is 1.62. The normalized spacial score (nSPS) is 13.9. The van der Waals surface area contributed by atoms with Gasteiger partial charge in [-0.3, -0.25) is 4.79 Å². The zero-order valence-electron chi connectivity index (χ0n) is 17.3. The van der Waals surface area contributed by atoms with E-state index < -0.39 is 0 Å². The molecule has 1 N–H and O–H groups in total. The fraction of sp³-hybridized carbons (Fsp3) is 0.500. The molecule has 7 nitrogen and oxygen atoms in total. The highest BCUT2D eigenvalue weighted by Gasteiger charge is 2.19. The third-order valence-electron chi connectivity index (χ3n) is 5.49. The van der Waals surface area contributed by atoms with Crippen LogP contribution in [-0.4, -0.2) is 26.5 Å². The van der Waals surface area contributed by atoms with E-state index in [4.69, 9.17) is 14.5 Å². The Morgan fingerprint density at radius 3 is 2.86 bits per heavy atom. The van der Waals surface area contributed by atoms with Crippen molar-refractivity contribution < 1.29 is 9.47 Å². The molecule has 3 aromatic rings. The van der Waals surface area contributed by atoms with Gasteiger partial charge >= 0.3 is 0 Å². The van der Waals surface area contributed by atoms with E-state index in [1.807, 2.05) is 29.8 Å². The van der Waals surface area contributed by atoms with Gasteiger partial charge in [-0.2, -0.15) is 5.10 Å². The highest BCUT2D eigenvalue weighted by atomic mass is 16.7. The van der Waals surface area contributed by atoms with Gasteiger partial charge in [0.2, 0.25) is 6.79 Å². The predicted molar refractivity (Wildman–Crippen MR) is 112 cm³/mol. The van der Waals surface area contributed by atoms with Crippen molar-refractivity contribution in [3.05, 3.63) is 45.6 Å². The lowest BCUT2D eigenvalue weighted by molar-refractivity contribution is 0.174. The van der Waals surface area contributed by atoms with Crippen molar-refractivity contribution in [3.8, 4) is 11.5 Å². The fourth-order valence-electron chi connectivity index (χ4n) is 3.88. The smallest absolute Gasteiger partial charge is 0.262 e. The maximum Gasteiger partial charge on any atom is 0.262 e. The van der Waals surface area contributed by atoms with Crippen LogP contribution < -0.4 is 15.0 Å². The van der Waals surface area contributed by atoms with Crippen LogP contribution in [0.5, 0.6) is 11.5 Å². The van der Waals surface area contributed by atoms with E-state index in [0.29, 0.717) is 23.3 Å². The molecule has 1 aliphatic rings. The minimum atomic E-state index is -0.132. The lowest BCUT2D eigenvalue weighted by atomic mass is 10.1. The highest BCUT2D eigenvalue weighted by Crippen LogP contribution is 2.33. The van der Waals surface area contributed by atoms with E-state index in [9.17, 15) is 4.79 Å². The van der Waals surface area contributed by atoms with E-state index in [-0.39, 0.29) is 18.4 Å². The highest BCUT2D eigenvalue weighted by molar-refractivity contribution is 5.77. The molecule has 0 saturated heterocycles. The lowest BCUT2D eigenvalue weighted by Crippen LogP contribution is -2.14. The van der Waals surface area contributed by atoms with Crippen LogP contribution in [0.2, 0.25) is 0 Å². The second-order valence-electron chi connectivity index (χ2n) is 7.80. The molecule has 1 atom stereocenters. The number of fused-ring (bicyclic) bond motifs is 2. The second kappa shape index (κ2) is 8.27. The third kappa shape index (κ3) is 3.99. The van der Waals surface area contributed by atoms with E-state index in [1.54, 1.807) is 0 Å². The number of nitrogens with one attached hydrogen (secondary N) is 1. The first-order chi connectivity index (χ1) is 14.1. The Hall–Kier alpha value is -2.83. The summed E-state index contributed by atoms with van der Waals surface area (Å²) >= 11 is 0. The molecular formula is C22H28N4O3. The minimum absolute atomic E-state index is 0.132. The molecule has 0 amide bonds. The first kappa shape index (κ1) is 19.5. The lowest BCUT2D eigenvalue weighted by Gasteiger charge is -2.13. The largest absolute Gasteiger partial charge is 0.454 e. The van der Waals surface area contributed by atoms with Crippen LogP contribution in [0.15, 0.2) is 23.0 Å². The number of aromatic amines is 1. The summed E-state index contributed by atoms with van der Waals surface area (Å²) in [5.41, 5.74) is 2.27. The molecule has 1 unspecified atom stereocenters. The number of unbranched alkanes of at least 4 members (excludes halogenated alkanes) is 3. The number of aromatic nitrogens is 4. The number of H-pyrrole nitrogens is 1. The SMILES string of the molecule is CCCCCCC(C)n1nc(C)c2c(=O)[nH]c(Cc3ccc4c(c3)OCO4)nc21. The number of nitrogens with zero attached hydrogens (tertiary/aromatic N) is 3. The van der Waals surface area contributed by atoms with Crippen LogP contribution in [0.3, 0.4) is 0 Å². The number of hydrogen-bond donors (Lipinski definition) is 1. The quantitative estimate of drug-likeness (QED) is 0.575. The van der Waals surface area contributed by atoms with Crippen molar-refractivity contribution in [1.82, 2.24) is 19.7 Å². The van der Waals surface area contributed by atoms with Gasteiger partial charge in [-0.1, -0.05) is 38.7 Å². The van der Waals surface area contributed by atoms with Crippen LogP contribution in [-0.2, 0) is 6.42 Å². The molecule has 29 heavy (non-hydrogen) atoms. The summed E-state index contributed by atoms with van der Waals surface area (Å²) in [7, 11) is 0. The molecule has 2 aromatic heterocycles. The molecule has 4 rings (SSSR count). The first-order valence-electron chi connectivity index (χ1n) is 10.4. The van der Waals surface area contributed by atoms with Crippen molar-refractivity contribution in [2.75, 3.05) is 6.79 Å². The Morgan fingerprint density at radius 1 is 1.21 bits per heavy atom. The standard InChI is InChI=1S/C22H28N4O3/c1-4-5-6-7-8-14(2)26-21-20(15(3)25-26)22(27)24-19(23-21)12-16-9-10-17-18(11-16)29-13-28-17/h9-11,14H,4-8,12-13H2,1-3H3,(H,23,24,27). The average molecular weight is 396 g/mol. The number of benzene rings is 1. The summed E-state index contributed by atoms with van der Waals surface area (Å²) in [4.78, 5) is 20.5. The summed E-state index contributed by atoms with van der Waals surface area (Å²) < 4.78 is 12.7. The second-order valence-corrected chi connectivity index (χ2v) is 7.80. The fourth-order valence-corrected chi connectivity index (χ4v) is 3.88. The summed E-state index contributed by atoms with van der Waals surface area (Å²) in [6.07, 6.45) is 6.39. The molecular weight excluding hydrogens is 368 g/mol. The average Bonchev–Trinajstić information content (AvgIpc) is 3.29. The van der Waals surface area contributed by atoms with Gasteiger partial charge in [-0.25, -0.2) is 9.67 Å². The molecule has 0 fully saturated rings. The van der Waals surface area contributed by atoms with Gasteiger partial charge in [0.05, 0.1) is 11.7 Å². The summed E-state index contributed by atoms with van der Waals surface area (Å²) in [5, 5.41) is 5.23. The van der Waals surface area contributed by atoms with Crippen molar-refractivity contribution >= 4 is 11.0 Å². The van der Waals surface area contributed by atoms with Gasteiger partial charge < -0.3 is 14.5 Å². The molecule has 7 heteroatoms.